The van der Waals surface area contributed by atoms with Gasteiger partial charge in [-0.3, -0.25) is 0 Å². The number of allylic oxidation sites excluding steroid dienone is 2. The molecular formula is C20H30O2. The van der Waals surface area contributed by atoms with Crippen LogP contribution in [0, 0.1) is 0 Å². The molecule has 2 nitrogen and oxygen atoms in total. The molecule has 0 spiro atoms. The largest absolute Gasteiger partial charge is 0.496 e. The van der Waals surface area contributed by atoms with Crippen LogP contribution in [0.5, 0.6) is 11.5 Å². The highest BCUT2D eigenvalue weighted by molar-refractivity contribution is 5.45. The minimum Gasteiger partial charge on any atom is -0.496 e. The lowest BCUT2D eigenvalue weighted by Crippen LogP contribution is -2.01. The molecule has 0 aliphatic rings. The molecule has 0 radical (unpaired) electrons. The summed E-state index contributed by atoms with van der Waals surface area (Å²) in [6.45, 7) is 8.32. The van der Waals surface area contributed by atoms with Gasteiger partial charge < -0.3 is 9.47 Å². The van der Waals surface area contributed by atoms with Crippen molar-refractivity contribution in [3.63, 3.8) is 0 Å². The average molecular weight is 302 g/mol. The smallest absolute Gasteiger partial charge is 0.126 e. The van der Waals surface area contributed by atoms with Gasteiger partial charge in [0.2, 0.25) is 0 Å². The zero-order valence-electron chi connectivity index (χ0n) is 14.0. The van der Waals surface area contributed by atoms with Crippen LogP contribution in [0.15, 0.2) is 43.5 Å². The van der Waals surface area contributed by atoms with Gasteiger partial charge in [0.25, 0.3) is 0 Å². The predicted molar refractivity (Wildman–Crippen MR) is 94.9 cm³/mol. The number of methoxy groups -OCH3 is 1. The number of rotatable bonds is 13. The van der Waals surface area contributed by atoms with E-state index in [1.54, 1.807) is 7.11 Å². The second-order valence-electron chi connectivity index (χ2n) is 5.48. The summed E-state index contributed by atoms with van der Waals surface area (Å²) in [6, 6.07) is 5.95. The second-order valence-corrected chi connectivity index (χ2v) is 5.48. The van der Waals surface area contributed by atoms with Crippen molar-refractivity contribution in [1.29, 1.82) is 0 Å². The molecule has 0 unspecified atom stereocenters. The summed E-state index contributed by atoms with van der Waals surface area (Å²) in [4.78, 5) is 0. The first-order chi connectivity index (χ1) is 10.8. The van der Waals surface area contributed by atoms with Crippen molar-refractivity contribution in [2.24, 2.45) is 0 Å². The number of unbranched alkanes of at least 4 members (excludes halogenated alkanes) is 6. The molecule has 0 aliphatic heterocycles. The summed E-state index contributed by atoms with van der Waals surface area (Å²) in [7, 11) is 1.69. The third-order valence-corrected chi connectivity index (χ3v) is 3.72. The van der Waals surface area contributed by atoms with Crippen LogP contribution in [0.3, 0.4) is 0 Å². The zero-order valence-corrected chi connectivity index (χ0v) is 14.0. The van der Waals surface area contributed by atoms with Crippen molar-refractivity contribution >= 4 is 0 Å². The Morgan fingerprint density at radius 2 is 1.59 bits per heavy atom. The van der Waals surface area contributed by atoms with Crippen molar-refractivity contribution in [2.45, 2.75) is 51.4 Å². The summed E-state index contributed by atoms with van der Waals surface area (Å²) >= 11 is 0. The third-order valence-electron chi connectivity index (χ3n) is 3.72. The van der Waals surface area contributed by atoms with Crippen LogP contribution < -0.4 is 9.47 Å². The Hall–Kier alpha value is -1.70. The summed E-state index contributed by atoms with van der Waals surface area (Å²) in [6.07, 6.45) is 13.3. The minimum atomic E-state index is 0.767. The molecule has 122 valence electrons. The van der Waals surface area contributed by atoms with E-state index in [9.17, 15) is 0 Å². The van der Waals surface area contributed by atoms with Gasteiger partial charge in [-0.2, -0.15) is 0 Å². The minimum absolute atomic E-state index is 0.767. The maximum Gasteiger partial charge on any atom is 0.126 e. The van der Waals surface area contributed by atoms with Gasteiger partial charge in [-0.25, -0.2) is 0 Å². The first-order valence-corrected chi connectivity index (χ1v) is 8.34. The summed E-state index contributed by atoms with van der Waals surface area (Å²) in [5.74, 6) is 1.80. The van der Waals surface area contributed by atoms with Crippen LogP contribution in [-0.4, -0.2) is 13.7 Å². The van der Waals surface area contributed by atoms with Crippen molar-refractivity contribution in [2.75, 3.05) is 13.7 Å². The lowest BCUT2D eigenvalue weighted by atomic mass is 10.1. The van der Waals surface area contributed by atoms with Crippen LogP contribution in [0.4, 0.5) is 0 Å². The highest BCUT2D eigenvalue weighted by Crippen LogP contribution is 2.29. The first-order valence-electron chi connectivity index (χ1n) is 8.34. The monoisotopic (exact) mass is 302 g/mol. The van der Waals surface area contributed by atoms with E-state index in [2.05, 4.69) is 13.2 Å². The maximum absolute atomic E-state index is 5.94. The zero-order chi connectivity index (χ0) is 16.0. The highest BCUT2D eigenvalue weighted by atomic mass is 16.5. The molecule has 0 amide bonds. The number of benzene rings is 1. The van der Waals surface area contributed by atoms with E-state index in [4.69, 9.17) is 9.47 Å². The van der Waals surface area contributed by atoms with Gasteiger partial charge in [-0.1, -0.05) is 43.9 Å². The standard InChI is InChI=1S/C20H30O2/c1-4-6-7-8-9-10-11-12-17-22-20-16-13-15-19(21-3)18(20)14-5-2/h4-5,13,15-16H,1-2,6-12,14,17H2,3H3. The molecule has 2 heteroatoms. The Morgan fingerprint density at radius 3 is 2.27 bits per heavy atom. The normalized spacial score (nSPS) is 10.2. The SMILES string of the molecule is C=CCCCCCCCCOc1cccc(OC)c1CC=C. The van der Waals surface area contributed by atoms with Crippen LogP contribution >= 0.6 is 0 Å². The predicted octanol–water partition coefficient (Wildman–Crippen LogP) is 5.72. The Morgan fingerprint density at radius 1 is 0.909 bits per heavy atom. The molecule has 22 heavy (non-hydrogen) atoms. The quantitative estimate of drug-likeness (QED) is 0.343. The van der Waals surface area contributed by atoms with Gasteiger partial charge in [0.1, 0.15) is 11.5 Å². The van der Waals surface area contributed by atoms with Gasteiger partial charge in [0.15, 0.2) is 0 Å². The molecule has 0 heterocycles. The van der Waals surface area contributed by atoms with Crippen LogP contribution in [0.25, 0.3) is 0 Å². The van der Waals surface area contributed by atoms with E-state index in [0.717, 1.165) is 42.9 Å². The van der Waals surface area contributed by atoms with E-state index in [1.165, 1.54) is 32.1 Å². The Bertz CT molecular complexity index is 437. The van der Waals surface area contributed by atoms with Gasteiger partial charge in [0.05, 0.1) is 13.7 Å². The molecule has 0 atom stereocenters. The van der Waals surface area contributed by atoms with Gasteiger partial charge in [-0.05, 0) is 37.8 Å². The summed E-state index contributed by atoms with van der Waals surface area (Å²) in [5.41, 5.74) is 1.09. The highest BCUT2D eigenvalue weighted by Gasteiger charge is 2.08. The lowest BCUT2D eigenvalue weighted by molar-refractivity contribution is 0.299. The lowest BCUT2D eigenvalue weighted by Gasteiger charge is -2.13. The Labute approximate surface area is 135 Å². The van der Waals surface area contributed by atoms with Crippen molar-refractivity contribution < 1.29 is 9.47 Å². The fraction of sp³-hybridized carbons (Fsp3) is 0.500. The number of hydrogen-bond acceptors (Lipinski definition) is 2. The van der Waals surface area contributed by atoms with E-state index in [1.807, 2.05) is 30.4 Å². The second kappa shape index (κ2) is 11.9. The summed E-state index contributed by atoms with van der Waals surface area (Å²) < 4.78 is 11.3. The fourth-order valence-electron chi connectivity index (χ4n) is 2.50. The van der Waals surface area contributed by atoms with Crippen LogP contribution in [0.2, 0.25) is 0 Å². The number of ether oxygens (including phenoxy) is 2. The molecule has 0 saturated carbocycles. The van der Waals surface area contributed by atoms with E-state index in [0.29, 0.717) is 0 Å². The molecule has 0 N–H and O–H groups in total. The average Bonchev–Trinajstić information content (AvgIpc) is 2.54. The van der Waals surface area contributed by atoms with Gasteiger partial charge in [-0.15, -0.1) is 13.2 Å². The molecule has 1 rings (SSSR count). The third kappa shape index (κ3) is 6.84. The molecule has 0 fully saturated rings. The van der Waals surface area contributed by atoms with E-state index < -0.39 is 0 Å². The molecule has 0 bridgehead atoms. The number of hydrogen-bond donors (Lipinski definition) is 0. The van der Waals surface area contributed by atoms with Gasteiger partial charge in [0, 0.05) is 5.56 Å². The molecular weight excluding hydrogens is 272 g/mol. The molecule has 1 aromatic rings. The topological polar surface area (TPSA) is 18.5 Å². The van der Waals surface area contributed by atoms with E-state index in [-0.39, 0.29) is 0 Å². The Balaban J connectivity index is 2.27. The van der Waals surface area contributed by atoms with E-state index >= 15 is 0 Å². The van der Waals surface area contributed by atoms with Gasteiger partial charge >= 0.3 is 0 Å². The molecule has 0 aliphatic carbocycles. The van der Waals surface area contributed by atoms with Crippen molar-refractivity contribution in [3.05, 3.63) is 49.1 Å². The first kappa shape index (κ1) is 18.3. The van der Waals surface area contributed by atoms with Crippen LogP contribution in [0.1, 0.15) is 50.5 Å². The van der Waals surface area contributed by atoms with Crippen LogP contribution in [-0.2, 0) is 6.42 Å². The molecule has 0 saturated heterocycles. The van der Waals surface area contributed by atoms with Crippen molar-refractivity contribution in [3.8, 4) is 11.5 Å². The van der Waals surface area contributed by atoms with Crippen molar-refractivity contribution in [1.82, 2.24) is 0 Å². The molecule has 0 aromatic heterocycles. The maximum atomic E-state index is 5.94. The summed E-state index contributed by atoms with van der Waals surface area (Å²) in [5, 5.41) is 0. The fourth-order valence-corrected chi connectivity index (χ4v) is 2.50. The Kier molecular flexibility index (Phi) is 9.93. The molecule has 1 aromatic carbocycles.